The summed E-state index contributed by atoms with van der Waals surface area (Å²) in [6.45, 7) is 3.67. The number of amides is 1. The van der Waals surface area contributed by atoms with Gasteiger partial charge < -0.3 is 9.88 Å². The molecule has 0 saturated carbocycles. The average Bonchev–Trinajstić information content (AvgIpc) is 3.08. The molecule has 0 aliphatic heterocycles. The maximum Gasteiger partial charge on any atom is 0.227 e. The summed E-state index contributed by atoms with van der Waals surface area (Å²) in [5.74, 6) is -1.82. The molecule has 148 valence electrons. The summed E-state index contributed by atoms with van der Waals surface area (Å²) >= 11 is 0. The normalized spacial score (nSPS) is 11.2. The van der Waals surface area contributed by atoms with Gasteiger partial charge in [-0.1, -0.05) is 26.3 Å². The fourth-order valence-corrected chi connectivity index (χ4v) is 3.17. The largest absolute Gasteiger partial charge is 0.340 e. The minimum atomic E-state index is -0.710. The summed E-state index contributed by atoms with van der Waals surface area (Å²) < 4.78 is 42.6. The molecule has 0 saturated heterocycles. The fourth-order valence-electron chi connectivity index (χ4n) is 3.17. The van der Waals surface area contributed by atoms with Crippen molar-refractivity contribution in [1.82, 2.24) is 9.97 Å². The van der Waals surface area contributed by atoms with Crippen molar-refractivity contribution in [3.63, 3.8) is 0 Å². The van der Waals surface area contributed by atoms with E-state index in [2.05, 4.69) is 9.97 Å². The molecule has 0 radical (unpaired) electrons. The van der Waals surface area contributed by atoms with Crippen LogP contribution < -0.4 is 4.90 Å². The van der Waals surface area contributed by atoms with Crippen LogP contribution in [0, 0.1) is 17.5 Å². The van der Waals surface area contributed by atoms with E-state index >= 15 is 0 Å². The van der Waals surface area contributed by atoms with Crippen LogP contribution in [0.3, 0.4) is 0 Å². The highest BCUT2D eigenvalue weighted by Crippen LogP contribution is 2.25. The van der Waals surface area contributed by atoms with Crippen LogP contribution in [-0.2, 0) is 17.8 Å². The van der Waals surface area contributed by atoms with Crippen LogP contribution in [-0.4, -0.2) is 15.9 Å². The van der Waals surface area contributed by atoms with Gasteiger partial charge in [-0.25, -0.2) is 18.2 Å². The maximum absolute atomic E-state index is 14.7. The van der Waals surface area contributed by atoms with Crippen molar-refractivity contribution in [2.45, 2.75) is 46.1 Å². The lowest BCUT2D eigenvalue weighted by atomic mass is 10.1. The number of halogens is 3. The standard InChI is InChI=1S/C21H22F3N3O/c1-3-5-13-7-10-16-21(20(13)24)26-18(25-16)12-27(19(28)6-4-2)17-11-14(22)8-9-15(17)23/h7-11H,3-6,12H2,1-2H3,(H,25,26). The Labute approximate surface area is 161 Å². The molecule has 28 heavy (non-hydrogen) atoms. The van der Waals surface area contributed by atoms with E-state index in [0.717, 1.165) is 29.5 Å². The first-order valence-corrected chi connectivity index (χ1v) is 9.36. The topological polar surface area (TPSA) is 49.0 Å². The van der Waals surface area contributed by atoms with Crippen molar-refractivity contribution in [2.75, 3.05) is 4.90 Å². The molecule has 0 bridgehead atoms. The molecule has 0 aliphatic rings. The van der Waals surface area contributed by atoms with E-state index < -0.39 is 17.5 Å². The highest BCUT2D eigenvalue weighted by atomic mass is 19.1. The second-order valence-corrected chi connectivity index (χ2v) is 6.69. The number of anilines is 1. The van der Waals surface area contributed by atoms with Crippen LogP contribution in [0.2, 0.25) is 0 Å². The summed E-state index contributed by atoms with van der Waals surface area (Å²) in [6.07, 6.45) is 2.13. The van der Waals surface area contributed by atoms with Crippen LogP contribution in [0.1, 0.15) is 44.5 Å². The number of fused-ring (bicyclic) bond motifs is 1. The first-order chi connectivity index (χ1) is 13.4. The number of imidazole rings is 1. The van der Waals surface area contributed by atoms with Crippen molar-refractivity contribution in [3.8, 4) is 0 Å². The molecule has 3 aromatic rings. The zero-order chi connectivity index (χ0) is 20.3. The summed E-state index contributed by atoms with van der Waals surface area (Å²) in [4.78, 5) is 20.9. The molecule has 0 fully saturated rings. The Bertz CT molecular complexity index is 1000. The SMILES string of the molecule is CCCC(=O)N(Cc1nc2c(F)c(CCC)ccc2[nH]1)c1cc(F)ccc1F. The molecule has 3 rings (SSSR count). The number of H-pyrrole nitrogens is 1. The van der Waals surface area contributed by atoms with Gasteiger partial charge in [-0.3, -0.25) is 4.79 Å². The lowest BCUT2D eigenvalue weighted by Gasteiger charge is -2.22. The van der Waals surface area contributed by atoms with E-state index in [1.807, 2.05) is 13.8 Å². The molecule has 0 atom stereocenters. The number of rotatable bonds is 7. The minimum Gasteiger partial charge on any atom is -0.340 e. The quantitative estimate of drug-likeness (QED) is 0.599. The van der Waals surface area contributed by atoms with Crippen molar-refractivity contribution >= 4 is 22.6 Å². The number of carbonyl (C=O) groups excluding carboxylic acids is 1. The van der Waals surface area contributed by atoms with Gasteiger partial charge in [0.05, 0.1) is 17.7 Å². The van der Waals surface area contributed by atoms with Gasteiger partial charge in [0, 0.05) is 12.5 Å². The Kier molecular flexibility index (Phi) is 6.02. The van der Waals surface area contributed by atoms with Gasteiger partial charge in [-0.2, -0.15) is 0 Å². The zero-order valence-electron chi connectivity index (χ0n) is 15.9. The first kappa shape index (κ1) is 19.9. The second kappa shape index (κ2) is 8.46. The number of nitrogens with zero attached hydrogens (tertiary/aromatic N) is 2. The number of aryl methyl sites for hydroxylation is 1. The van der Waals surface area contributed by atoms with Crippen LogP contribution in [0.5, 0.6) is 0 Å². The molecule has 1 heterocycles. The summed E-state index contributed by atoms with van der Waals surface area (Å²) in [7, 11) is 0. The number of nitrogens with one attached hydrogen (secondary N) is 1. The smallest absolute Gasteiger partial charge is 0.227 e. The third-order valence-electron chi connectivity index (χ3n) is 4.51. The number of aromatic amines is 1. The third kappa shape index (κ3) is 4.03. The van der Waals surface area contributed by atoms with E-state index in [9.17, 15) is 18.0 Å². The van der Waals surface area contributed by atoms with Crippen molar-refractivity contribution < 1.29 is 18.0 Å². The Morgan fingerprint density at radius 3 is 2.61 bits per heavy atom. The number of carbonyl (C=O) groups is 1. The zero-order valence-corrected chi connectivity index (χ0v) is 15.9. The van der Waals surface area contributed by atoms with E-state index in [1.165, 1.54) is 0 Å². The molecule has 2 aromatic carbocycles. The molecule has 7 heteroatoms. The second-order valence-electron chi connectivity index (χ2n) is 6.69. The minimum absolute atomic E-state index is 0.115. The first-order valence-electron chi connectivity index (χ1n) is 9.36. The Hall–Kier alpha value is -2.83. The van der Waals surface area contributed by atoms with E-state index in [1.54, 1.807) is 12.1 Å². The van der Waals surface area contributed by atoms with Gasteiger partial charge in [0.1, 0.15) is 23.0 Å². The molecular formula is C21H22F3N3O. The number of benzene rings is 2. The van der Waals surface area contributed by atoms with Crippen LogP contribution in [0.25, 0.3) is 11.0 Å². The Morgan fingerprint density at radius 2 is 1.89 bits per heavy atom. The van der Waals surface area contributed by atoms with Crippen molar-refractivity contribution in [3.05, 3.63) is 59.2 Å². The van der Waals surface area contributed by atoms with Gasteiger partial charge in [-0.05, 0) is 36.6 Å². The number of hydrogen-bond donors (Lipinski definition) is 1. The predicted octanol–water partition coefficient (Wildman–Crippen LogP) is 5.27. The number of aromatic nitrogens is 2. The van der Waals surface area contributed by atoms with Crippen LogP contribution >= 0.6 is 0 Å². The lowest BCUT2D eigenvalue weighted by molar-refractivity contribution is -0.118. The fraction of sp³-hybridized carbons (Fsp3) is 0.333. The number of hydrogen-bond acceptors (Lipinski definition) is 2. The average molecular weight is 389 g/mol. The van der Waals surface area contributed by atoms with E-state index in [4.69, 9.17) is 0 Å². The third-order valence-corrected chi connectivity index (χ3v) is 4.51. The molecule has 4 nitrogen and oxygen atoms in total. The predicted molar refractivity (Wildman–Crippen MR) is 103 cm³/mol. The highest BCUT2D eigenvalue weighted by molar-refractivity contribution is 5.93. The Balaban J connectivity index is 1.99. The van der Waals surface area contributed by atoms with E-state index in [0.29, 0.717) is 29.7 Å². The molecule has 1 amide bonds. The lowest BCUT2D eigenvalue weighted by Crippen LogP contribution is -2.31. The van der Waals surface area contributed by atoms with Crippen LogP contribution in [0.15, 0.2) is 30.3 Å². The van der Waals surface area contributed by atoms with Gasteiger partial charge in [-0.15, -0.1) is 0 Å². The summed E-state index contributed by atoms with van der Waals surface area (Å²) in [5, 5.41) is 0. The van der Waals surface area contributed by atoms with E-state index in [-0.39, 0.29) is 30.1 Å². The molecule has 0 aliphatic carbocycles. The maximum atomic E-state index is 14.7. The van der Waals surface area contributed by atoms with Gasteiger partial charge in [0.15, 0.2) is 5.82 Å². The Morgan fingerprint density at radius 1 is 1.11 bits per heavy atom. The van der Waals surface area contributed by atoms with Crippen molar-refractivity contribution in [2.24, 2.45) is 0 Å². The van der Waals surface area contributed by atoms with Crippen molar-refractivity contribution in [1.29, 1.82) is 0 Å². The van der Waals surface area contributed by atoms with Gasteiger partial charge >= 0.3 is 0 Å². The molecular weight excluding hydrogens is 367 g/mol. The van der Waals surface area contributed by atoms with Gasteiger partial charge in [0.2, 0.25) is 5.91 Å². The molecule has 0 spiro atoms. The molecule has 0 unspecified atom stereocenters. The molecule has 1 N–H and O–H groups in total. The van der Waals surface area contributed by atoms with Crippen LogP contribution in [0.4, 0.5) is 18.9 Å². The highest BCUT2D eigenvalue weighted by Gasteiger charge is 2.22. The molecule has 1 aromatic heterocycles. The van der Waals surface area contributed by atoms with Gasteiger partial charge in [0.25, 0.3) is 0 Å². The summed E-state index contributed by atoms with van der Waals surface area (Å²) in [5.41, 5.74) is 1.09. The monoisotopic (exact) mass is 389 g/mol. The summed E-state index contributed by atoms with van der Waals surface area (Å²) in [6, 6.07) is 6.39.